The highest BCUT2D eigenvalue weighted by atomic mass is 16.5. The number of amides is 1. The van der Waals surface area contributed by atoms with Gasteiger partial charge in [-0.3, -0.25) is 10.2 Å². The zero-order chi connectivity index (χ0) is 23.5. The number of carbonyl (C=O) groups excluding carboxylic acids is 1. The van der Waals surface area contributed by atoms with Gasteiger partial charge in [-0.15, -0.1) is 0 Å². The lowest BCUT2D eigenvalue weighted by Gasteiger charge is -2.34. The highest BCUT2D eigenvalue weighted by Crippen LogP contribution is 2.32. The van der Waals surface area contributed by atoms with Crippen LogP contribution in [-0.4, -0.2) is 45.6 Å². The van der Waals surface area contributed by atoms with Crippen LogP contribution in [0.15, 0.2) is 60.9 Å². The van der Waals surface area contributed by atoms with Crippen molar-refractivity contribution in [1.29, 1.82) is 5.41 Å². The Kier molecular flexibility index (Phi) is 6.12. The molecule has 8 nitrogen and oxygen atoms in total. The molecule has 1 aromatic heterocycles. The fourth-order valence-corrected chi connectivity index (χ4v) is 4.29. The van der Waals surface area contributed by atoms with Crippen molar-refractivity contribution in [3.8, 4) is 11.5 Å². The van der Waals surface area contributed by atoms with Gasteiger partial charge in [-0.2, -0.15) is 0 Å². The predicted octanol–water partition coefficient (Wildman–Crippen LogP) is 4.08. The van der Waals surface area contributed by atoms with Crippen LogP contribution in [0.3, 0.4) is 0 Å². The van der Waals surface area contributed by atoms with Crippen molar-refractivity contribution < 1.29 is 9.53 Å². The number of piperidine rings is 1. The van der Waals surface area contributed by atoms with Crippen LogP contribution in [0, 0.1) is 11.3 Å². The summed E-state index contributed by atoms with van der Waals surface area (Å²) in [5.74, 6) is 2.67. The van der Waals surface area contributed by atoms with Crippen LogP contribution < -0.4 is 15.8 Å². The number of rotatable bonds is 7. The lowest BCUT2D eigenvalue weighted by atomic mass is 10.0. The van der Waals surface area contributed by atoms with Crippen molar-refractivity contribution in [2.24, 2.45) is 5.92 Å². The first kappa shape index (κ1) is 21.9. The number of para-hydroxylation sites is 1. The van der Waals surface area contributed by atoms with Crippen LogP contribution in [0.4, 0.5) is 11.6 Å². The van der Waals surface area contributed by atoms with E-state index in [4.69, 9.17) is 15.9 Å². The minimum Gasteiger partial charge on any atom is -0.457 e. The van der Waals surface area contributed by atoms with Crippen molar-refractivity contribution in [3.63, 3.8) is 0 Å². The minimum absolute atomic E-state index is 0.0546. The van der Waals surface area contributed by atoms with Crippen molar-refractivity contribution in [2.45, 2.75) is 31.7 Å². The lowest BCUT2D eigenvalue weighted by Crippen LogP contribution is -2.46. The molecule has 174 valence electrons. The van der Waals surface area contributed by atoms with Gasteiger partial charge in [0.1, 0.15) is 29.5 Å². The van der Waals surface area contributed by atoms with Gasteiger partial charge in [-0.25, -0.2) is 9.97 Å². The number of benzene rings is 2. The Hall–Kier alpha value is -3.94. The van der Waals surface area contributed by atoms with E-state index in [-0.39, 0.29) is 29.4 Å². The normalized spacial score (nSPS) is 17.8. The zero-order valence-electron chi connectivity index (χ0n) is 18.9. The smallest absolute Gasteiger partial charge is 0.225 e. The molecule has 2 aliphatic rings. The lowest BCUT2D eigenvalue weighted by molar-refractivity contribution is -0.133. The summed E-state index contributed by atoms with van der Waals surface area (Å²) in [5.41, 5.74) is 7.57. The second-order valence-electron chi connectivity index (χ2n) is 8.84. The molecule has 5 rings (SSSR count). The topological polar surface area (TPSA) is 117 Å². The molecule has 1 saturated carbocycles. The van der Waals surface area contributed by atoms with Crippen LogP contribution in [-0.2, 0) is 4.79 Å². The molecule has 1 saturated heterocycles. The number of nitrogens with zero attached hydrogens (tertiary/aromatic N) is 3. The van der Waals surface area contributed by atoms with E-state index < -0.39 is 0 Å². The average Bonchev–Trinajstić information content (AvgIpc) is 3.70. The summed E-state index contributed by atoms with van der Waals surface area (Å²) in [6, 6.07) is 16.9. The zero-order valence-corrected chi connectivity index (χ0v) is 18.9. The Labute approximate surface area is 198 Å². The first-order valence-corrected chi connectivity index (χ1v) is 11.7. The Bertz CT molecular complexity index is 1180. The molecule has 0 unspecified atom stereocenters. The van der Waals surface area contributed by atoms with Gasteiger partial charge in [0, 0.05) is 30.6 Å². The van der Waals surface area contributed by atoms with Gasteiger partial charge < -0.3 is 20.7 Å². The SMILES string of the molecule is N=C(c1ccc(Oc2ccccc2)cc1)c1c(N)ncnc1N[C@@H]1CCCN(C(=O)C2CC2)C1. The summed E-state index contributed by atoms with van der Waals surface area (Å²) in [5, 5.41) is 12.3. The van der Waals surface area contributed by atoms with E-state index in [9.17, 15) is 4.79 Å². The molecular formula is C26H28N6O2. The van der Waals surface area contributed by atoms with Crippen LogP contribution in [0.2, 0.25) is 0 Å². The summed E-state index contributed by atoms with van der Waals surface area (Å²) in [6.07, 6.45) is 5.28. The quantitative estimate of drug-likeness (QED) is 0.461. The largest absolute Gasteiger partial charge is 0.457 e. The third-order valence-corrected chi connectivity index (χ3v) is 6.25. The summed E-state index contributed by atoms with van der Waals surface area (Å²) < 4.78 is 5.85. The Balaban J connectivity index is 1.31. The summed E-state index contributed by atoms with van der Waals surface area (Å²) in [6.45, 7) is 1.44. The molecule has 2 heterocycles. The second kappa shape index (κ2) is 9.51. The molecule has 0 spiro atoms. The molecule has 2 aromatic carbocycles. The number of hydrogen-bond donors (Lipinski definition) is 3. The molecule has 4 N–H and O–H groups in total. The maximum atomic E-state index is 12.5. The van der Waals surface area contributed by atoms with Gasteiger partial charge in [-0.1, -0.05) is 18.2 Å². The number of nitrogen functional groups attached to an aromatic ring is 1. The van der Waals surface area contributed by atoms with E-state index in [1.807, 2.05) is 59.5 Å². The maximum absolute atomic E-state index is 12.5. The highest BCUT2D eigenvalue weighted by molar-refractivity contribution is 6.16. The molecule has 2 fully saturated rings. The van der Waals surface area contributed by atoms with E-state index in [0.717, 1.165) is 38.0 Å². The average molecular weight is 457 g/mol. The van der Waals surface area contributed by atoms with E-state index in [0.29, 0.717) is 29.2 Å². The number of nitrogens with one attached hydrogen (secondary N) is 2. The molecule has 1 atom stereocenters. The highest BCUT2D eigenvalue weighted by Gasteiger charge is 2.35. The number of aromatic nitrogens is 2. The fraction of sp³-hybridized carbons (Fsp3) is 0.308. The van der Waals surface area contributed by atoms with Crippen molar-refractivity contribution >= 4 is 23.3 Å². The second-order valence-corrected chi connectivity index (χ2v) is 8.84. The minimum atomic E-state index is 0.0546. The van der Waals surface area contributed by atoms with E-state index in [2.05, 4.69) is 15.3 Å². The van der Waals surface area contributed by atoms with Crippen molar-refractivity contribution in [1.82, 2.24) is 14.9 Å². The summed E-state index contributed by atoms with van der Waals surface area (Å²) >= 11 is 0. The third kappa shape index (κ3) is 4.85. The number of carbonyl (C=O) groups is 1. The number of anilines is 2. The van der Waals surface area contributed by atoms with Crippen LogP contribution in [0.1, 0.15) is 36.8 Å². The fourth-order valence-electron chi connectivity index (χ4n) is 4.29. The maximum Gasteiger partial charge on any atom is 0.225 e. The van der Waals surface area contributed by atoms with E-state index in [1.165, 1.54) is 6.33 Å². The molecule has 3 aromatic rings. The standard InChI is InChI=1S/C26H28N6O2/c27-23(17-10-12-21(13-11-17)34-20-6-2-1-3-7-20)22-24(28)29-16-30-25(22)31-19-5-4-14-32(15-19)26(33)18-8-9-18/h1-3,6-7,10-13,16,18-19,27H,4-5,8-9,14-15H2,(H3,28,29,30,31)/t19-/m1/s1. The monoisotopic (exact) mass is 456 g/mol. The number of ether oxygens (including phenoxy) is 1. The molecule has 0 radical (unpaired) electrons. The first-order chi connectivity index (χ1) is 16.6. The van der Waals surface area contributed by atoms with Crippen LogP contribution >= 0.6 is 0 Å². The van der Waals surface area contributed by atoms with Gasteiger partial charge in [-0.05, 0) is 62.1 Å². The Morgan fingerprint density at radius 1 is 1.03 bits per heavy atom. The molecular weight excluding hydrogens is 428 g/mol. The van der Waals surface area contributed by atoms with Gasteiger partial charge >= 0.3 is 0 Å². The molecule has 1 amide bonds. The molecule has 1 aliphatic carbocycles. The van der Waals surface area contributed by atoms with Crippen molar-refractivity contribution in [2.75, 3.05) is 24.1 Å². The van der Waals surface area contributed by atoms with Gasteiger partial charge in [0.2, 0.25) is 5.91 Å². The van der Waals surface area contributed by atoms with Crippen LogP contribution in [0.25, 0.3) is 0 Å². The summed E-state index contributed by atoms with van der Waals surface area (Å²) in [4.78, 5) is 23.0. The third-order valence-electron chi connectivity index (χ3n) is 6.25. The first-order valence-electron chi connectivity index (χ1n) is 11.7. The molecule has 8 heteroatoms. The van der Waals surface area contributed by atoms with Crippen molar-refractivity contribution in [3.05, 3.63) is 72.1 Å². The Morgan fingerprint density at radius 3 is 2.50 bits per heavy atom. The summed E-state index contributed by atoms with van der Waals surface area (Å²) in [7, 11) is 0. The molecule has 1 aliphatic heterocycles. The van der Waals surface area contributed by atoms with Gasteiger partial charge in [0.05, 0.1) is 11.3 Å². The number of likely N-dealkylation sites (tertiary alicyclic amines) is 1. The predicted molar refractivity (Wildman–Crippen MR) is 131 cm³/mol. The molecule has 34 heavy (non-hydrogen) atoms. The molecule has 0 bridgehead atoms. The van der Waals surface area contributed by atoms with E-state index in [1.54, 1.807) is 0 Å². The van der Waals surface area contributed by atoms with E-state index >= 15 is 0 Å². The van der Waals surface area contributed by atoms with Gasteiger partial charge in [0.15, 0.2) is 0 Å². The number of hydrogen-bond acceptors (Lipinski definition) is 7. The van der Waals surface area contributed by atoms with Gasteiger partial charge in [0.25, 0.3) is 0 Å². The number of nitrogens with two attached hydrogens (primary N) is 1. The van der Waals surface area contributed by atoms with Crippen LogP contribution in [0.5, 0.6) is 11.5 Å². The Morgan fingerprint density at radius 2 is 1.76 bits per heavy atom.